The van der Waals surface area contributed by atoms with Crippen LogP contribution in [0.5, 0.6) is 0 Å². The first-order valence-electron chi connectivity index (χ1n) is 7.08. The van der Waals surface area contributed by atoms with E-state index in [2.05, 4.69) is 22.1 Å². The summed E-state index contributed by atoms with van der Waals surface area (Å²) in [4.78, 5) is 8.02. The normalized spacial score (nSPS) is 15.1. The van der Waals surface area contributed by atoms with Crippen molar-refractivity contribution in [1.82, 2.24) is 9.97 Å². The van der Waals surface area contributed by atoms with Crippen molar-refractivity contribution < 1.29 is 4.74 Å². The second kappa shape index (κ2) is 5.85. The molecular weight excluding hydrogens is 268 g/mol. The third-order valence-electron chi connectivity index (χ3n) is 3.66. The van der Waals surface area contributed by atoms with E-state index in [4.69, 9.17) is 17.0 Å². The van der Waals surface area contributed by atoms with E-state index in [9.17, 15) is 0 Å². The first-order valence-corrected chi connectivity index (χ1v) is 7.49. The fourth-order valence-corrected chi connectivity index (χ4v) is 3.05. The van der Waals surface area contributed by atoms with Gasteiger partial charge in [-0.15, -0.1) is 0 Å². The molecule has 104 valence electrons. The number of aromatic nitrogens is 2. The number of benzene rings is 1. The van der Waals surface area contributed by atoms with Gasteiger partial charge in [0.2, 0.25) is 0 Å². The Morgan fingerprint density at radius 1 is 1.30 bits per heavy atom. The summed E-state index contributed by atoms with van der Waals surface area (Å²) in [6, 6.07) is 10.2. The maximum atomic E-state index is 5.89. The summed E-state index contributed by atoms with van der Waals surface area (Å²) in [5.74, 6) is 0.823. The Labute approximate surface area is 124 Å². The number of nitrogens with zero attached hydrogens (tertiary/aromatic N) is 1. The lowest BCUT2D eigenvalue weighted by Crippen LogP contribution is -2.12. The standard InChI is InChI=1S/C16H18N2OS/c1-2-19-14(11-7-4-3-5-8-11)15-17-13-10-6-9-12(13)16(20)18-15/h3-5,7-8,14H,2,6,9-10H2,1H3,(H,17,18,20). The maximum absolute atomic E-state index is 5.89. The van der Waals surface area contributed by atoms with Crippen LogP contribution in [-0.4, -0.2) is 16.6 Å². The van der Waals surface area contributed by atoms with Gasteiger partial charge in [-0.3, -0.25) is 0 Å². The summed E-state index contributed by atoms with van der Waals surface area (Å²) in [6.45, 7) is 2.64. The Morgan fingerprint density at radius 3 is 2.85 bits per heavy atom. The van der Waals surface area contributed by atoms with Gasteiger partial charge in [0, 0.05) is 17.9 Å². The molecule has 1 aliphatic rings. The van der Waals surface area contributed by atoms with Gasteiger partial charge in [0.1, 0.15) is 16.6 Å². The molecule has 3 nitrogen and oxygen atoms in total. The molecule has 1 unspecified atom stereocenters. The Morgan fingerprint density at radius 2 is 2.10 bits per heavy atom. The highest BCUT2D eigenvalue weighted by Crippen LogP contribution is 2.27. The van der Waals surface area contributed by atoms with Crippen molar-refractivity contribution in [3.05, 3.63) is 57.6 Å². The molecule has 1 aromatic heterocycles. The Balaban J connectivity index is 2.04. The second-order valence-corrected chi connectivity index (χ2v) is 5.37. The van der Waals surface area contributed by atoms with Crippen LogP contribution in [0, 0.1) is 4.64 Å². The topological polar surface area (TPSA) is 37.9 Å². The highest BCUT2D eigenvalue weighted by Gasteiger charge is 2.21. The van der Waals surface area contributed by atoms with Crippen molar-refractivity contribution in [2.45, 2.75) is 32.3 Å². The van der Waals surface area contributed by atoms with Crippen LogP contribution >= 0.6 is 12.2 Å². The third kappa shape index (κ3) is 2.53. The molecule has 0 saturated heterocycles. The average Bonchev–Trinajstić information content (AvgIpc) is 2.94. The highest BCUT2D eigenvalue weighted by atomic mass is 32.1. The summed E-state index contributed by atoms with van der Waals surface area (Å²) in [6.07, 6.45) is 3.09. The fourth-order valence-electron chi connectivity index (χ4n) is 2.73. The molecule has 1 heterocycles. The summed E-state index contributed by atoms with van der Waals surface area (Å²) in [5, 5.41) is 0. The molecule has 1 N–H and O–H groups in total. The Kier molecular flexibility index (Phi) is 3.94. The Bertz CT molecular complexity index is 651. The van der Waals surface area contributed by atoms with Crippen molar-refractivity contribution in [2.75, 3.05) is 6.61 Å². The van der Waals surface area contributed by atoms with Crippen LogP contribution in [0.25, 0.3) is 0 Å². The number of aryl methyl sites for hydroxylation is 1. The first-order chi connectivity index (χ1) is 9.79. The third-order valence-corrected chi connectivity index (χ3v) is 4.00. The molecule has 20 heavy (non-hydrogen) atoms. The summed E-state index contributed by atoms with van der Waals surface area (Å²) >= 11 is 5.43. The van der Waals surface area contributed by atoms with Crippen molar-refractivity contribution in [3.63, 3.8) is 0 Å². The molecule has 1 atom stereocenters. The van der Waals surface area contributed by atoms with E-state index in [1.165, 1.54) is 11.3 Å². The maximum Gasteiger partial charge on any atom is 0.141 e. The molecule has 0 spiro atoms. The smallest absolute Gasteiger partial charge is 0.141 e. The minimum Gasteiger partial charge on any atom is -0.366 e. The van der Waals surface area contributed by atoms with Crippen LogP contribution in [0.4, 0.5) is 0 Å². The lowest BCUT2D eigenvalue weighted by molar-refractivity contribution is 0.0849. The minimum atomic E-state index is -0.172. The molecule has 1 aliphatic carbocycles. The van der Waals surface area contributed by atoms with Gasteiger partial charge in [-0.1, -0.05) is 42.5 Å². The van der Waals surface area contributed by atoms with Crippen LogP contribution in [0.1, 0.15) is 42.1 Å². The molecule has 0 aliphatic heterocycles. The molecular formula is C16H18N2OS. The summed E-state index contributed by atoms with van der Waals surface area (Å²) in [7, 11) is 0. The molecule has 0 radical (unpaired) electrons. The van der Waals surface area contributed by atoms with Gasteiger partial charge in [0.05, 0.1) is 0 Å². The average molecular weight is 286 g/mol. The molecule has 0 saturated carbocycles. The summed E-state index contributed by atoms with van der Waals surface area (Å²) < 4.78 is 6.62. The number of hydrogen-bond acceptors (Lipinski definition) is 3. The molecule has 2 aromatic rings. The quantitative estimate of drug-likeness (QED) is 0.870. The van der Waals surface area contributed by atoms with Gasteiger partial charge in [0.25, 0.3) is 0 Å². The van der Waals surface area contributed by atoms with Crippen LogP contribution in [0.2, 0.25) is 0 Å². The van der Waals surface area contributed by atoms with Gasteiger partial charge in [-0.25, -0.2) is 4.98 Å². The van der Waals surface area contributed by atoms with E-state index in [1.54, 1.807) is 0 Å². The zero-order valence-electron chi connectivity index (χ0n) is 11.6. The van der Waals surface area contributed by atoms with Crippen molar-refractivity contribution in [1.29, 1.82) is 0 Å². The number of rotatable bonds is 4. The first kappa shape index (κ1) is 13.5. The van der Waals surface area contributed by atoms with Gasteiger partial charge >= 0.3 is 0 Å². The van der Waals surface area contributed by atoms with E-state index in [0.29, 0.717) is 6.61 Å². The lowest BCUT2D eigenvalue weighted by atomic mass is 10.1. The Hall–Kier alpha value is -1.52. The zero-order valence-corrected chi connectivity index (χ0v) is 12.4. The molecule has 3 rings (SSSR count). The van der Waals surface area contributed by atoms with Crippen LogP contribution in [-0.2, 0) is 17.6 Å². The number of ether oxygens (including phenoxy) is 1. The van der Waals surface area contributed by atoms with E-state index in [1.807, 2.05) is 25.1 Å². The van der Waals surface area contributed by atoms with Gasteiger partial charge in [0.15, 0.2) is 0 Å². The number of H-pyrrole nitrogens is 1. The monoisotopic (exact) mass is 286 g/mol. The van der Waals surface area contributed by atoms with E-state index in [0.717, 1.165) is 35.3 Å². The van der Waals surface area contributed by atoms with E-state index in [-0.39, 0.29) is 6.10 Å². The van der Waals surface area contributed by atoms with Gasteiger partial charge in [-0.05, 0) is 31.7 Å². The number of fused-ring (bicyclic) bond motifs is 1. The minimum absolute atomic E-state index is 0.172. The predicted molar refractivity (Wildman–Crippen MR) is 81.4 cm³/mol. The van der Waals surface area contributed by atoms with E-state index >= 15 is 0 Å². The fraction of sp³-hybridized carbons (Fsp3) is 0.375. The molecule has 1 aromatic carbocycles. The second-order valence-electron chi connectivity index (χ2n) is 4.98. The molecule has 0 amide bonds. The zero-order chi connectivity index (χ0) is 13.9. The van der Waals surface area contributed by atoms with Crippen molar-refractivity contribution >= 4 is 12.2 Å². The van der Waals surface area contributed by atoms with Crippen molar-refractivity contribution in [2.24, 2.45) is 0 Å². The SMILES string of the molecule is CCOC(c1ccccc1)c1nc(=S)c2c([nH]1)CCC2. The van der Waals surface area contributed by atoms with Crippen LogP contribution < -0.4 is 0 Å². The molecule has 0 fully saturated rings. The number of hydrogen-bond donors (Lipinski definition) is 1. The summed E-state index contributed by atoms with van der Waals surface area (Å²) in [5.41, 5.74) is 3.55. The van der Waals surface area contributed by atoms with Crippen LogP contribution in [0.3, 0.4) is 0 Å². The molecule has 0 bridgehead atoms. The number of aromatic amines is 1. The molecule has 4 heteroatoms. The van der Waals surface area contributed by atoms with Gasteiger partial charge in [-0.2, -0.15) is 0 Å². The van der Waals surface area contributed by atoms with Crippen LogP contribution in [0.15, 0.2) is 30.3 Å². The number of nitrogens with one attached hydrogen (secondary N) is 1. The lowest BCUT2D eigenvalue weighted by Gasteiger charge is -2.18. The largest absolute Gasteiger partial charge is 0.366 e. The van der Waals surface area contributed by atoms with E-state index < -0.39 is 0 Å². The predicted octanol–water partition coefficient (Wildman–Crippen LogP) is 3.75. The van der Waals surface area contributed by atoms with Crippen molar-refractivity contribution in [3.8, 4) is 0 Å². The highest BCUT2D eigenvalue weighted by molar-refractivity contribution is 7.71. The van der Waals surface area contributed by atoms with Gasteiger partial charge < -0.3 is 9.72 Å².